The zero-order chi connectivity index (χ0) is 8.84. The first-order chi connectivity index (χ1) is 6.36. The Morgan fingerprint density at radius 3 is 3.23 bits per heavy atom. The van der Waals surface area contributed by atoms with E-state index in [-0.39, 0.29) is 0 Å². The van der Waals surface area contributed by atoms with Crippen LogP contribution in [-0.2, 0) is 0 Å². The highest BCUT2D eigenvalue weighted by molar-refractivity contribution is 5.57. The molecule has 5 nitrogen and oxygen atoms in total. The van der Waals surface area contributed by atoms with Crippen LogP contribution in [0.5, 0.6) is 0 Å². The van der Waals surface area contributed by atoms with Gasteiger partial charge >= 0.3 is 0 Å². The standard InChI is InChI=1S/C8H7N5/c9-13-4-10-8-5-3-11-12-6(5)1-2-7(8)13/h1-3H,4,9H2. The Balaban J connectivity index is 2.46. The van der Waals surface area contributed by atoms with Crippen molar-refractivity contribution in [2.75, 3.05) is 11.7 Å². The molecule has 64 valence electrons. The van der Waals surface area contributed by atoms with Gasteiger partial charge in [0.25, 0.3) is 0 Å². The van der Waals surface area contributed by atoms with Crippen LogP contribution in [0, 0.1) is 0 Å². The fraction of sp³-hybridized carbons (Fsp3) is 0.125. The lowest BCUT2D eigenvalue weighted by atomic mass is 10.2. The van der Waals surface area contributed by atoms with Gasteiger partial charge in [-0.2, -0.15) is 10.2 Å². The third-order valence-corrected chi connectivity index (χ3v) is 2.22. The molecule has 0 aromatic heterocycles. The van der Waals surface area contributed by atoms with Gasteiger partial charge in [-0.1, -0.05) is 0 Å². The van der Waals surface area contributed by atoms with Crippen LogP contribution in [0.3, 0.4) is 0 Å². The largest absolute Gasteiger partial charge is 0.287 e. The Bertz CT molecular complexity index is 516. The van der Waals surface area contributed by atoms with Gasteiger partial charge in [-0.05, 0) is 12.1 Å². The molecule has 0 amide bonds. The summed E-state index contributed by atoms with van der Waals surface area (Å²) in [7, 11) is 0. The summed E-state index contributed by atoms with van der Waals surface area (Å²) in [5.74, 6) is 5.70. The van der Waals surface area contributed by atoms with E-state index in [1.54, 1.807) is 11.2 Å². The molecule has 2 N–H and O–H groups in total. The van der Waals surface area contributed by atoms with E-state index >= 15 is 0 Å². The number of nitrogens with two attached hydrogens (primary N) is 1. The number of hydrogen-bond acceptors (Lipinski definition) is 5. The first-order valence-electron chi connectivity index (χ1n) is 3.97. The Hall–Kier alpha value is -1.75. The van der Waals surface area contributed by atoms with E-state index in [1.807, 2.05) is 12.1 Å². The van der Waals surface area contributed by atoms with Gasteiger partial charge in [-0.15, -0.1) is 0 Å². The van der Waals surface area contributed by atoms with Crippen molar-refractivity contribution in [1.82, 2.24) is 0 Å². The minimum atomic E-state index is 0.514. The lowest BCUT2D eigenvalue weighted by Gasteiger charge is -2.08. The number of hydrazine groups is 1. The highest BCUT2D eigenvalue weighted by Crippen LogP contribution is 2.14. The van der Waals surface area contributed by atoms with Crippen LogP contribution < -0.4 is 21.4 Å². The SMILES string of the molecule is NN1CN=c2c1ccc1c2=CN=N1. The molecule has 2 aliphatic heterocycles. The molecule has 0 saturated carbocycles. The maximum absolute atomic E-state index is 5.70. The van der Waals surface area contributed by atoms with Gasteiger partial charge in [0.2, 0.25) is 0 Å². The molecule has 1 aromatic rings. The van der Waals surface area contributed by atoms with Crippen molar-refractivity contribution in [3.8, 4) is 0 Å². The fourth-order valence-electron chi connectivity index (χ4n) is 1.57. The molecule has 0 saturated heterocycles. The van der Waals surface area contributed by atoms with Crippen molar-refractivity contribution in [3.63, 3.8) is 0 Å². The molecule has 5 heteroatoms. The number of anilines is 1. The zero-order valence-corrected chi connectivity index (χ0v) is 6.81. The van der Waals surface area contributed by atoms with Crippen molar-refractivity contribution in [2.45, 2.75) is 0 Å². The monoisotopic (exact) mass is 173 g/mol. The van der Waals surface area contributed by atoms with Crippen molar-refractivity contribution in [1.29, 1.82) is 0 Å². The van der Waals surface area contributed by atoms with E-state index in [9.17, 15) is 0 Å². The van der Waals surface area contributed by atoms with E-state index in [2.05, 4.69) is 15.2 Å². The Morgan fingerprint density at radius 2 is 2.31 bits per heavy atom. The molecule has 1 aromatic carbocycles. The number of rotatable bonds is 0. The fourth-order valence-corrected chi connectivity index (χ4v) is 1.57. The van der Waals surface area contributed by atoms with Crippen molar-refractivity contribution >= 4 is 17.6 Å². The van der Waals surface area contributed by atoms with E-state index in [1.165, 1.54) is 0 Å². The maximum atomic E-state index is 5.70. The molecule has 3 rings (SSSR count). The third-order valence-electron chi connectivity index (χ3n) is 2.22. The normalized spacial score (nSPS) is 16.5. The quantitative estimate of drug-likeness (QED) is 0.552. The summed E-state index contributed by atoms with van der Waals surface area (Å²) in [5, 5.41) is 11.3. The molecule has 2 aliphatic rings. The van der Waals surface area contributed by atoms with Crippen LogP contribution in [-0.4, -0.2) is 6.67 Å². The summed E-state index contributed by atoms with van der Waals surface area (Å²) in [4.78, 5) is 4.30. The maximum Gasteiger partial charge on any atom is 0.125 e. The van der Waals surface area contributed by atoms with Gasteiger partial charge in [0, 0.05) is 5.22 Å². The summed E-state index contributed by atoms with van der Waals surface area (Å²) in [6.07, 6.45) is 1.72. The molecule has 0 radical (unpaired) electrons. The van der Waals surface area contributed by atoms with E-state index in [0.717, 1.165) is 22.0 Å². The first kappa shape index (κ1) is 6.73. The lowest BCUT2D eigenvalue weighted by molar-refractivity contribution is 0.898. The first-order valence-corrected chi connectivity index (χ1v) is 3.97. The summed E-state index contributed by atoms with van der Waals surface area (Å²) in [6.45, 7) is 0.514. The zero-order valence-electron chi connectivity index (χ0n) is 6.81. The summed E-state index contributed by atoms with van der Waals surface area (Å²) < 4.78 is 0. The molecule has 0 atom stereocenters. The molecule has 2 heterocycles. The number of fused-ring (bicyclic) bond motifs is 3. The molecule has 0 spiro atoms. The molecular formula is C8H7N5. The lowest BCUT2D eigenvalue weighted by Crippen LogP contribution is -2.32. The second kappa shape index (κ2) is 2.14. The highest BCUT2D eigenvalue weighted by atomic mass is 15.5. The number of azo groups is 1. The van der Waals surface area contributed by atoms with Gasteiger partial charge in [0.1, 0.15) is 6.67 Å². The van der Waals surface area contributed by atoms with Crippen LogP contribution in [0.15, 0.2) is 27.4 Å². The number of nitrogens with zero attached hydrogens (tertiary/aromatic N) is 4. The molecule has 13 heavy (non-hydrogen) atoms. The predicted molar refractivity (Wildman–Crippen MR) is 47.7 cm³/mol. The molecular weight excluding hydrogens is 166 g/mol. The minimum Gasteiger partial charge on any atom is -0.287 e. The number of benzene rings is 1. The van der Waals surface area contributed by atoms with E-state index < -0.39 is 0 Å². The van der Waals surface area contributed by atoms with Gasteiger partial charge in [-0.3, -0.25) is 10.0 Å². The predicted octanol–water partition coefficient (Wildman–Crippen LogP) is -0.207. The Morgan fingerprint density at radius 1 is 1.38 bits per heavy atom. The Labute approximate surface area is 73.9 Å². The molecule has 0 unspecified atom stereocenters. The van der Waals surface area contributed by atoms with E-state index in [0.29, 0.717) is 6.67 Å². The van der Waals surface area contributed by atoms with Gasteiger partial charge in [-0.25, -0.2) is 5.84 Å². The minimum absolute atomic E-state index is 0.514. The van der Waals surface area contributed by atoms with Gasteiger partial charge < -0.3 is 0 Å². The second-order valence-corrected chi connectivity index (χ2v) is 2.98. The summed E-state index contributed by atoms with van der Waals surface area (Å²) in [6, 6.07) is 3.82. The summed E-state index contributed by atoms with van der Waals surface area (Å²) >= 11 is 0. The van der Waals surface area contributed by atoms with Crippen LogP contribution in [0.2, 0.25) is 0 Å². The van der Waals surface area contributed by atoms with Crippen molar-refractivity contribution < 1.29 is 0 Å². The van der Waals surface area contributed by atoms with Crippen molar-refractivity contribution in [3.05, 3.63) is 22.7 Å². The van der Waals surface area contributed by atoms with Crippen LogP contribution in [0.1, 0.15) is 0 Å². The number of hydrogen-bond donors (Lipinski definition) is 1. The second-order valence-electron chi connectivity index (χ2n) is 2.98. The average molecular weight is 173 g/mol. The highest BCUT2D eigenvalue weighted by Gasteiger charge is 2.14. The molecule has 0 fully saturated rings. The van der Waals surface area contributed by atoms with Crippen molar-refractivity contribution in [2.24, 2.45) is 21.1 Å². The average Bonchev–Trinajstić information content (AvgIpc) is 2.70. The van der Waals surface area contributed by atoms with Crippen LogP contribution >= 0.6 is 0 Å². The van der Waals surface area contributed by atoms with Gasteiger partial charge in [0.15, 0.2) is 0 Å². The topological polar surface area (TPSA) is 66.3 Å². The molecule has 0 bridgehead atoms. The van der Waals surface area contributed by atoms with E-state index in [4.69, 9.17) is 5.84 Å². The Kier molecular flexibility index (Phi) is 1.11. The third kappa shape index (κ3) is 0.762. The van der Waals surface area contributed by atoms with Crippen LogP contribution in [0.25, 0.3) is 6.20 Å². The van der Waals surface area contributed by atoms with Gasteiger partial charge in [0.05, 0.1) is 22.9 Å². The summed E-state index contributed by atoms with van der Waals surface area (Å²) in [5.41, 5.74) is 1.82. The van der Waals surface area contributed by atoms with Crippen LogP contribution in [0.4, 0.5) is 11.4 Å². The molecule has 0 aliphatic carbocycles. The smallest absolute Gasteiger partial charge is 0.125 e.